The second-order valence-corrected chi connectivity index (χ2v) is 10.1. The minimum atomic E-state index is -0.508. The van der Waals surface area contributed by atoms with Crippen LogP contribution in [0.2, 0.25) is 0 Å². The maximum atomic E-state index is 14.3. The molecule has 208 valence electrons. The van der Waals surface area contributed by atoms with Gasteiger partial charge in [-0.2, -0.15) is 4.98 Å². The molecule has 3 aromatic rings. The molecule has 13 heteroatoms. The Labute approximate surface area is 224 Å². The molecule has 2 aliphatic rings. The van der Waals surface area contributed by atoms with Gasteiger partial charge in [0, 0.05) is 70.7 Å². The lowest BCUT2D eigenvalue weighted by Crippen LogP contribution is -2.45. The summed E-state index contributed by atoms with van der Waals surface area (Å²) < 4.78 is 38.6. The van der Waals surface area contributed by atoms with Crippen LogP contribution in [-0.4, -0.2) is 83.3 Å². The zero-order chi connectivity index (χ0) is 27.7. The number of rotatable bonds is 7. The average molecular weight is 543 g/mol. The van der Waals surface area contributed by atoms with Crippen molar-refractivity contribution in [1.82, 2.24) is 25.0 Å². The first-order valence-electron chi connectivity index (χ1n) is 12.9. The van der Waals surface area contributed by atoms with Crippen molar-refractivity contribution in [2.24, 2.45) is 5.73 Å². The molecule has 2 fully saturated rings. The Morgan fingerprint density at radius 3 is 2.59 bits per heavy atom. The second kappa shape index (κ2) is 11.2. The van der Waals surface area contributed by atoms with Crippen molar-refractivity contribution in [2.45, 2.75) is 43.9 Å². The smallest absolute Gasteiger partial charge is 0.324 e. The third kappa shape index (κ3) is 5.55. The molecule has 2 N–H and O–H groups in total. The highest BCUT2D eigenvalue weighted by molar-refractivity contribution is 5.93. The van der Waals surface area contributed by atoms with E-state index in [1.807, 2.05) is 16.7 Å². The molecule has 0 bridgehead atoms. The van der Waals surface area contributed by atoms with E-state index < -0.39 is 23.6 Å². The first-order chi connectivity index (χ1) is 18.7. The number of piperidine rings is 1. The van der Waals surface area contributed by atoms with Crippen LogP contribution < -0.4 is 15.5 Å². The van der Waals surface area contributed by atoms with Gasteiger partial charge in [0.15, 0.2) is 0 Å². The lowest BCUT2D eigenvalue weighted by atomic mass is 9.94. The highest BCUT2D eigenvalue weighted by Crippen LogP contribution is 2.31. The standard InChI is InChI=1S/C26H32F2N8O3/c1-15(38-3)23-32-26(39-33-23)35-8-6-18(7-9-35)34(2)24(37)16-11-30-25(31-12-16)36-13-20(22(29)14-36)19-10-17(27)4-5-21(19)28/h4-5,10-12,15,18,20,22H,6-9,13-14,29H2,1-3H3. The summed E-state index contributed by atoms with van der Waals surface area (Å²) in [5.41, 5.74) is 6.87. The molecule has 39 heavy (non-hydrogen) atoms. The molecule has 11 nitrogen and oxygen atoms in total. The molecule has 0 spiro atoms. The predicted molar refractivity (Wildman–Crippen MR) is 138 cm³/mol. The Morgan fingerprint density at radius 2 is 1.90 bits per heavy atom. The van der Waals surface area contributed by atoms with Crippen molar-refractivity contribution in [3.8, 4) is 0 Å². The summed E-state index contributed by atoms with van der Waals surface area (Å²) in [5, 5.41) is 3.98. The first-order valence-corrected chi connectivity index (χ1v) is 12.9. The minimum Gasteiger partial charge on any atom is -0.374 e. The third-order valence-corrected chi connectivity index (χ3v) is 7.64. The summed E-state index contributed by atoms with van der Waals surface area (Å²) in [6, 6.07) is 3.46. The molecule has 0 aliphatic carbocycles. The molecule has 2 aromatic heterocycles. The molecule has 3 unspecified atom stereocenters. The summed E-state index contributed by atoms with van der Waals surface area (Å²) in [5.74, 6) is -0.683. The van der Waals surface area contributed by atoms with Crippen molar-refractivity contribution in [3.63, 3.8) is 0 Å². The van der Waals surface area contributed by atoms with Crippen LogP contribution in [-0.2, 0) is 4.74 Å². The Morgan fingerprint density at radius 1 is 1.18 bits per heavy atom. The van der Waals surface area contributed by atoms with Crippen molar-refractivity contribution >= 4 is 17.9 Å². The Kier molecular flexibility index (Phi) is 7.71. The summed E-state index contributed by atoms with van der Waals surface area (Å²) in [7, 11) is 3.37. The van der Waals surface area contributed by atoms with E-state index in [-0.39, 0.29) is 23.6 Å². The molecule has 1 aromatic carbocycles. The number of amides is 1. The van der Waals surface area contributed by atoms with Crippen LogP contribution in [0.4, 0.5) is 20.7 Å². The summed E-state index contributed by atoms with van der Waals surface area (Å²) in [6.45, 7) is 3.92. The number of benzene rings is 1. The highest BCUT2D eigenvalue weighted by atomic mass is 19.1. The molecular weight excluding hydrogens is 510 g/mol. The van der Waals surface area contributed by atoms with Gasteiger partial charge >= 0.3 is 6.01 Å². The molecule has 4 heterocycles. The number of carbonyl (C=O) groups is 1. The Hall–Kier alpha value is -3.71. The zero-order valence-corrected chi connectivity index (χ0v) is 22.1. The highest BCUT2D eigenvalue weighted by Gasteiger charge is 2.35. The van der Waals surface area contributed by atoms with Gasteiger partial charge in [0.1, 0.15) is 17.7 Å². The number of hydrogen-bond donors (Lipinski definition) is 1. The number of hydrogen-bond acceptors (Lipinski definition) is 10. The first kappa shape index (κ1) is 26.9. The van der Waals surface area contributed by atoms with Gasteiger partial charge in [-0.3, -0.25) is 4.79 Å². The van der Waals surface area contributed by atoms with E-state index in [1.54, 1.807) is 19.1 Å². The number of aromatic nitrogens is 4. The summed E-state index contributed by atoms with van der Waals surface area (Å²) in [4.78, 5) is 31.9. The zero-order valence-electron chi connectivity index (χ0n) is 22.1. The van der Waals surface area contributed by atoms with E-state index in [2.05, 4.69) is 20.1 Å². The van der Waals surface area contributed by atoms with Crippen molar-refractivity contribution < 1.29 is 22.8 Å². The van der Waals surface area contributed by atoms with Gasteiger partial charge in [-0.25, -0.2) is 18.7 Å². The number of halogens is 2. The Balaban J connectivity index is 1.18. The number of nitrogens with two attached hydrogens (primary N) is 1. The van der Waals surface area contributed by atoms with Gasteiger partial charge < -0.3 is 29.7 Å². The Bertz CT molecular complexity index is 1300. The normalized spacial score (nSPS) is 20.9. The molecule has 2 saturated heterocycles. The van der Waals surface area contributed by atoms with E-state index in [0.717, 1.165) is 25.0 Å². The minimum absolute atomic E-state index is 0.0345. The SMILES string of the molecule is COC(C)c1noc(N2CCC(N(C)C(=O)c3cnc(N4CC(N)C(c5cc(F)ccc5F)C4)nc3)CC2)n1. The van der Waals surface area contributed by atoms with Gasteiger partial charge in [0.05, 0.1) is 5.56 Å². The number of ether oxygens (including phenoxy) is 1. The lowest BCUT2D eigenvalue weighted by molar-refractivity contribution is 0.0707. The number of carbonyl (C=O) groups excluding carboxylic acids is 1. The largest absolute Gasteiger partial charge is 0.374 e. The summed E-state index contributed by atoms with van der Waals surface area (Å²) >= 11 is 0. The van der Waals surface area contributed by atoms with Gasteiger partial charge in [0.25, 0.3) is 5.91 Å². The molecule has 5 rings (SSSR count). The average Bonchev–Trinajstić information content (AvgIpc) is 3.61. The fourth-order valence-corrected chi connectivity index (χ4v) is 5.15. The molecule has 2 aliphatic heterocycles. The van der Waals surface area contributed by atoms with E-state index in [1.165, 1.54) is 18.5 Å². The topological polar surface area (TPSA) is 127 Å². The van der Waals surface area contributed by atoms with Crippen molar-refractivity contribution in [1.29, 1.82) is 0 Å². The van der Waals surface area contributed by atoms with Gasteiger partial charge in [-0.15, -0.1) is 0 Å². The molecule has 3 atom stereocenters. The predicted octanol–water partition coefficient (Wildman–Crippen LogP) is 2.52. The van der Waals surface area contributed by atoms with Crippen LogP contribution in [0.15, 0.2) is 35.1 Å². The van der Waals surface area contributed by atoms with E-state index >= 15 is 0 Å². The second-order valence-electron chi connectivity index (χ2n) is 10.1. The van der Waals surface area contributed by atoms with Gasteiger partial charge in [-0.1, -0.05) is 5.16 Å². The molecule has 0 radical (unpaired) electrons. The summed E-state index contributed by atoms with van der Waals surface area (Å²) in [6.07, 6.45) is 4.21. The fraction of sp³-hybridized carbons (Fsp3) is 0.500. The maximum Gasteiger partial charge on any atom is 0.324 e. The van der Waals surface area contributed by atoms with Gasteiger partial charge in [0.2, 0.25) is 11.8 Å². The van der Waals surface area contributed by atoms with Gasteiger partial charge in [-0.05, 0) is 43.5 Å². The van der Waals surface area contributed by atoms with Crippen molar-refractivity contribution in [2.75, 3.05) is 50.1 Å². The molecule has 0 saturated carbocycles. The van der Waals surface area contributed by atoms with E-state index in [4.69, 9.17) is 15.0 Å². The molecular formula is C26H32F2N8O3. The molecule has 1 amide bonds. The van der Waals surface area contributed by atoms with Crippen LogP contribution in [0.1, 0.15) is 53.5 Å². The van der Waals surface area contributed by atoms with Crippen LogP contribution in [0.25, 0.3) is 0 Å². The number of methoxy groups -OCH3 is 1. The fourth-order valence-electron chi connectivity index (χ4n) is 5.15. The van der Waals surface area contributed by atoms with Crippen LogP contribution >= 0.6 is 0 Å². The third-order valence-electron chi connectivity index (χ3n) is 7.64. The number of nitrogens with zero attached hydrogens (tertiary/aromatic N) is 7. The van der Waals surface area contributed by atoms with Crippen LogP contribution in [0, 0.1) is 11.6 Å². The maximum absolute atomic E-state index is 14.3. The quantitative estimate of drug-likeness (QED) is 0.476. The lowest BCUT2D eigenvalue weighted by Gasteiger charge is -2.35. The van der Waals surface area contributed by atoms with Crippen molar-refractivity contribution in [3.05, 3.63) is 59.2 Å². The number of anilines is 2. The van der Waals surface area contributed by atoms with E-state index in [0.29, 0.717) is 49.5 Å². The van der Waals surface area contributed by atoms with Crippen LogP contribution in [0.3, 0.4) is 0 Å². The monoisotopic (exact) mass is 542 g/mol. The van der Waals surface area contributed by atoms with E-state index in [9.17, 15) is 13.6 Å². The van der Waals surface area contributed by atoms with Crippen LogP contribution in [0.5, 0.6) is 0 Å².